The van der Waals surface area contributed by atoms with Gasteiger partial charge in [-0.2, -0.15) is 0 Å². The van der Waals surface area contributed by atoms with E-state index in [1.807, 2.05) is 51.2 Å². The van der Waals surface area contributed by atoms with E-state index in [0.717, 1.165) is 44.9 Å². The second kappa shape index (κ2) is 7.44. The number of hydrogen-bond donors (Lipinski definition) is 0. The lowest BCUT2D eigenvalue weighted by Gasteiger charge is -2.13. The largest absolute Gasteiger partial charge is 0.496 e. The highest BCUT2D eigenvalue weighted by Gasteiger charge is 2.17. The molecular weight excluding hydrogens is 356 g/mol. The van der Waals surface area contributed by atoms with Gasteiger partial charge in [0.05, 0.1) is 12.8 Å². The van der Waals surface area contributed by atoms with Crippen LogP contribution in [-0.2, 0) is 13.1 Å². The van der Waals surface area contributed by atoms with Gasteiger partial charge in [-0.05, 0) is 38.4 Å². The smallest absolute Gasteiger partial charge is 0.227 e. The van der Waals surface area contributed by atoms with Crippen molar-refractivity contribution >= 4 is 10.8 Å². The van der Waals surface area contributed by atoms with Crippen LogP contribution in [0.25, 0.3) is 22.2 Å². The van der Waals surface area contributed by atoms with Crippen molar-refractivity contribution in [3.05, 3.63) is 59.2 Å². The van der Waals surface area contributed by atoms with E-state index in [2.05, 4.69) is 21.3 Å². The Morgan fingerprint density at radius 2 is 1.71 bits per heavy atom. The van der Waals surface area contributed by atoms with Crippen molar-refractivity contribution in [3.8, 4) is 17.2 Å². The summed E-state index contributed by atoms with van der Waals surface area (Å²) in [4.78, 5) is 6.87. The Labute approximate surface area is 162 Å². The number of nitrogens with zero attached hydrogens (tertiary/aromatic N) is 4. The summed E-state index contributed by atoms with van der Waals surface area (Å²) in [6, 6.07) is 12.0. The molecule has 0 saturated heterocycles. The Bertz CT molecular complexity index is 1120. The van der Waals surface area contributed by atoms with Crippen molar-refractivity contribution < 1.29 is 13.8 Å². The first kappa shape index (κ1) is 18.2. The molecule has 0 N–H and O–H groups in total. The van der Waals surface area contributed by atoms with Crippen molar-refractivity contribution in [3.63, 3.8) is 0 Å². The number of benzene rings is 2. The molecule has 0 fully saturated rings. The zero-order chi connectivity index (χ0) is 19.7. The Balaban J connectivity index is 1.63. The molecule has 0 radical (unpaired) electrons. The molecule has 0 saturated carbocycles. The summed E-state index contributed by atoms with van der Waals surface area (Å²) in [5, 5.41) is 9.85. The molecule has 2 aromatic carbocycles. The molecule has 0 atom stereocenters. The number of ether oxygens (including phenoxy) is 1. The highest BCUT2D eigenvalue weighted by atomic mass is 16.6. The zero-order valence-electron chi connectivity index (χ0n) is 16.4. The minimum Gasteiger partial charge on any atom is -0.496 e. The maximum atomic E-state index is 6.02. The molecule has 4 aromatic rings. The third kappa shape index (κ3) is 3.36. The van der Waals surface area contributed by atoms with Crippen LogP contribution < -0.4 is 4.74 Å². The van der Waals surface area contributed by atoms with Gasteiger partial charge in [0.25, 0.3) is 0 Å². The van der Waals surface area contributed by atoms with Gasteiger partial charge in [-0.3, -0.25) is 4.90 Å². The fourth-order valence-corrected chi connectivity index (χ4v) is 3.29. The SMILES string of the molecule is COc1ccc(-c2nc(CN(C)Cc3nonc3C)c(C)o2)c2ccccc12. The molecule has 0 bridgehead atoms. The number of fused-ring (bicyclic) bond motifs is 1. The van der Waals surface area contributed by atoms with Crippen LogP contribution in [0.2, 0.25) is 0 Å². The fraction of sp³-hybridized carbons (Fsp3) is 0.286. The molecule has 7 heteroatoms. The highest BCUT2D eigenvalue weighted by molar-refractivity contribution is 5.98. The van der Waals surface area contributed by atoms with Gasteiger partial charge in [0.15, 0.2) is 0 Å². The predicted octanol–water partition coefficient (Wildman–Crippen LogP) is 4.14. The van der Waals surface area contributed by atoms with E-state index in [1.165, 1.54) is 0 Å². The lowest BCUT2D eigenvalue weighted by molar-refractivity contribution is 0.277. The lowest BCUT2D eigenvalue weighted by Crippen LogP contribution is -2.18. The minimum absolute atomic E-state index is 0.610. The van der Waals surface area contributed by atoms with Gasteiger partial charge < -0.3 is 9.15 Å². The molecule has 4 rings (SSSR count). The van der Waals surface area contributed by atoms with E-state index >= 15 is 0 Å². The molecular formula is C21H22N4O3. The topological polar surface area (TPSA) is 77.4 Å². The number of methoxy groups -OCH3 is 1. The first-order chi connectivity index (χ1) is 13.6. The molecule has 2 aromatic heterocycles. The average molecular weight is 378 g/mol. The van der Waals surface area contributed by atoms with E-state index in [4.69, 9.17) is 18.8 Å². The first-order valence-corrected chi connectivity index (χ1v) is 9.06. The second-order valence-corrected chi connectivity index (χ2v) is 6.85. The summed E-state index contributed by atoms with van der Waals surface area (Å²) in [6.07, 6.45) is 0. The summed E-state index contributed by atoms with van der Waals surface area (Å²) >= 11 is 0. The molecule has 7 nitrogen and oxygen atoms in total. The molecule has 0 amide bonds. The number of aryl methyl sites for hydroxylation is 2. The number of rotatable bonds is 6. The monoisotopic (exact) mass is 378 g/mol. The molecule has 2 heterocycles. The zero-order valence-corrected chi connectivity index (χ0v) is 16.4. The van der Waals surface area contributed by atoms with Crippen LogP contribution in [0.3, 0.4) is 0 Å². The predicted molar refractivity (Wildman–Crippen MR) is 105 cm³/mol. The molecule has 0 unspecified atom stereocenters. The standard InChI is InChI=1S/C21H22N4O3/c1-13-18(24-28-23-13)11-25(3)12-19-14(2)27-21(22-19)17-9-10-20(26-4)16-8-6-5-7-15(16)17/h5-10H,11-12H2,1-4H3. The van der Waals surface area contributed by atoms with E-state index in [9.17, 15) is 0 Å². The van der Waals surface area contributed by atoms with Crippen molar-refractivity contribution in [1.29, 1.82) is 0 Å². The van der Waals surface area contributed by atoms with Crippen LogP contribution in [-0.4, -0.2) is 34.4 Å². The Kier molecular flexibility index (Phi) is 4.83. The third-order valence-corrected chi connectivity index (χ3v) is 4.81. The van der Waals surface area contributed by atoms with E-state index in [-0.39, 0.29) is 0 Å². The molecule has 0 aliphatic heterocycles. The Hall–Kier alpha value is -3.19. The maximum Gasteiger partial charge on any atom is 0.227 e. The van der Waals surface area contributed by atoms with Gasteiger partial charge in [0, 0.05) is 24.0 Å². The van der Waals surface area contributed by atoms with Crippen molar-refractivity contribution in [2.24, 2.45) is 0 Å². The summed E-state index contributed by atoms with van der Waals surface area (Å²) in [5.41, 5.74) is 3.47. The normalized spacial score (nSPS) is 11.5. The minimum atomic E-state index is 0.610. The van der Waals surface area contributed by atoms with Crippen LogP contribution >= 0.6 is 0 Å². The molecule has 144 valence electrons. The van der Waals surface area contributed by atoms with Gasteiger partial charge in [-0.1, -0.05) is 34.6 Å². The van der Waals surface area contributed by atoms with Crippen LogP contribution in [0.4, 0.5) is 0 Å². The molecule has 28 heavy (non-hydrogen) atoms. The molecule has 0 aliphatic carbocycles. The second-order valence-electron chi connectivity index (χ2n) is 6.85. The van der Waals surface area contributed by atoms with Crippen molar-refractivity contribution in [2.45, 2.75) is 26.9 Å². The summed E-state index contributed by atoms with van der Waals surface area (Å²) in [5.74, 6) is 2.25. The van der Waals surface area contributed by atoms with Crippen LogP contribution in [0.15, 0.2) is 45.4 Å². The van der Waals surface area contributed by atoms with Crippen molar-refractivity contribution in [2.75, 3.05) is 14.2 Å². The van der Waals surface area contributed by atoms with Crippen LogP contribution in [0.5, 0.6) is 5.75 Å². The fourth-order valence-electron chi connectivity index (χ4n) is 3.29. The highest BCUT2D eigenvalue weighted by Crippen LogP contribution is 2.34. The number of oxazole rings is 1. The maximum absolute atomic E-state index is 6.02. The van der Waals surface area contributed by atoms with Gasteiger partial charge in [0.1, 0.15) is 22.9 Å². The molecule has 0 aliphatic rings. The quantitative estimate of drug-likeness (QED) is 0.499. The van der Waals surface area contributed by atoms with E-state index < -0.39 is 0 Å². The lowest BCUT2D eigenvalue weighted by atomic mass is 10.0. The Morgan fingerprint density at radius 3 is 2.43 bits per heavy atom. The first-order valence-electron chi connectivity index (χ1n) is 9.06. The Morgan fingerprint density at radius 1 is 0.964 bits per heavy atom. The van der Waals surface area contributed by atoms with Gasteiger partial charge in [-0.25, -0.2) is 9.61 Å². The van der Waals surface area contributed by atoms with Crippen LogP contribution in [0, 0.1) is 13.8 Å². The van der Waals surface area contributed by atoms with Gasteiger partial charge in [0.2, 0.25) is 5.89 Å². The van der Waals surface area contributed by atoms with Crippen LogP contribution in [0.1, 0.15) is 22.8 Å². The summed E-state index contributed by atoms with van der Waals surface area (Å²) < 4.78 is 16.3. The third-order valence-electron chi connectivity index (χ3n) is 4.81. The van der Waals surface area contributed by atoms with Gasteiger partial charge >= 0.3 is 0 Å². The van der Waals surface area contributed by atoms with E-state index in [0.29, 0.717) is 19.0 Å². The number of hydrogen-bond acceptors (Lipinski definition) is 7. The van der Waals surface area contributed by atoms with Gasteiger partial charge in [-0.15, -0.1) is 0 Å². The van der Waals surface area contributed by atoms with Crippen molar-refractivity contribution in [1.82, 2.24) is 20.2 Å². The summed E-state index contributed by atoms with van der Waals surface area (Å²) in [6.45, 7) is 5.08. The summed E-state index contributed by atoms with van der Waals surface area (Å²) in [7, 11) is 3.68. The molecule has 0 spiro atoms. The van der Waals surface area contributed by atoms with E-state index in [1.54, 1.807) is 7.11 Å². The average Bonchev–Trinajstić information content (AvgIpc) is 3.26. The number of aromatic nitrogens is 3.